The number of carbonyl (C=O) groups excluding carboxylic acids is 1. The molecule has 0 aliphatic heterocycles. The molecule has 0 saturated carbocycles. The topological polar surface area (TPSA) is 64.0 Å². The Kier molecular flexibility index (Phi) is 4.61. The Morgan fingerprint density at radius 2 is 1.70 bits per heavy atom. The number of anilines is 1. The molecule has 0 spiro atoms. The molecule has 2 heterocycles. The number of rotatable bonds is 4. The van der Waals surface area contributed by atoms with E-state index in [1.807, 2.05) is 78.9 Å². The van der Waals surface area contributed by atoms with Crippen LogP contribution in [0, 0.1) is 0 Å². The maximum atomic E-state index is 12.9. The summed E-state index contributed by atoms with van der Waals surface area (Å²) in [6, 6.07) is 25.3. The molecule has 5 aromatic rings. The summed E-state index contributed by atoms with van der Waals surface area (Å²) < 4.78 is 1.35. The molecular formula is C24H17N3O2S. The summed E-state index contributed by atoms with van der Waals surface area (Å²) in [5.41, 5.74) is 1.55. The standard InChI is InChI=1S/C24H17N3O2S/c28-22(26-20-12-6-10-16-7-4-5-11-18(16)20)14-27-15-25-23-19(24(27)29)13-21(30-23)17-8-2-1-3-9-17/h1-13,15H,14H2,(H,26,28). The van der Waals surface area contributed by atoms with Crippen LogP contribution < -0.4 is 10.9 Å². The first-order valence-electron chi connectivity index (χ1n) is 9.51. The minimum absolute atomic E-state index is 0.0957. The van der Waals surface area contributed by atoms with Crippen LogP contribution in [0.5, 0.6) is 0 Å². The molecule has 0 saturated heterocycles. The number of hydrogen-bond acceptors (Lipinski definition) is 4. The number of aromatic nitrogens is 2. The van der Waals surface area contributed by atoms with Gasteiger partial charge in [0.25, 0.3) is 5.56 Å². The molecule has 6 heteroatoms. The van der Waals surface area contributed by atoms with Gasteiger partial charge in [-0.3, -0.25) is 14.2 Å². The van der Waals surface area contributed by atoms with Gasteiger partial charge in [-0.15, -0.1) is 11.3 Å². The number of nitrogens with one attached hydrogen (secondary N) is 1. The SMILES string of the molecule is O=C(Cn1cnc2sc(-c3ccccc3)cc2c1=O)Nc1cccc2ccccc12. The number of nitrogens with zero attached hydrogens (tertiary/aromatic N) is 2. The van der Waals surface area contributed by atoms with Crippen LogP contribution in [0.1, 0.15) is 0 Å². The van der Waals surface area contributed by atoms with E-state index >= 15 is 0 Å². The van der Waals surface area contributed by atoms with E-state index in [1.54, 1.807) is 0 Å². The van der Waals surface area contributed by atoms with Gasteiger partial charge in [0, 0.05) is 16.0 Å². The van der Waals surface area contributed by atoms with Crippen LogP contribution in [0.25, 0.3) is 31.4 Å². The van der Waals surface area contributed by atoms with Crippen molar-refractivity contribution in [3.8, 4) is 10.4 Å². The summed E-state index contributed by atoms with van der Waals surface area (Å²) in [5.74, 6) is -0.270. The predicted molar refractivity (Wildman–Crippen MR) is 122 cm³/mol. The molecule has 0 aliphatic rings. The van der Waals surface area contributed by atoms with Crippen LogP contribution >= 0.6 is 11.3 Å². The van der Waals surface area contributed by atoms with Crippen LogP contribution in [-0.2, 0) is 11.3 Å². The van der Waals surface area contributed by atoms with Gasteiger partial charge in [-0.2, -0.15) is 0 Å². The van der Waals surface area contributed by atoms with Gasteiger partial charge in [-0.1, -0.05) is 66.7 Å². The van der Waals surface area contributed by atoms with Crippen molar-refractivity contribution in [1.29, 1.82) is 0 Å². The Hall–Kier alpha value is -3.77. The third kappa shape index (κ3) is 3.38. The molecule has 5 rings (SSSR count). The Bertz CT molecular complexity index is 1430. The Morgan fingerprint density at radius 3 is 2.57 bits per heavy atom. The van der Waals surface area contributed by atoms with Crippen molar-refractivity contribution >= 4 is 43.9 Å². The molecule has 0 radical (unpaired) electrons. The van der Waals surface area contributed by atoms with Gasteiger partial charge in [-0.25, -0.2) is 4.98 Å². The number of fused-ring (bicyclic) bond motifs is 2. The molecule has 5 nitrogen and oxygen atoms in total. The maximum absolute atomic E-state index is 12.9. The van der Waals surface area contributed by atoms with Crippen molar-refractivity contribution in [3.05, 3.63) is 95.5 Å². The third-order valence-corrected chi connectivity index (χ3v) is 6.05. The van der Waals surface area contributed by atoms with Crippen molar-refractivity contribution < 1.29 is 4.79 Å². The Balaban J connectivity index is 1.43. The van der Waals surface area contributed by atoms with Gasteiger partial charge in [0.1, 0.15) is 11.4 Å². The lowest BCUT2D eigenvalue weighted by Gasteiger charge is -2.09. The van der Waals surface area contributed by atoms with Gasteiger partial charge in [0.15, 0.2) is 0 Å². The second-order valence-electron chi connectivity index (χ2n) is 6.95. The fraction of sp³-hybridized carbons (Fsp3) is 0.0417. The van der Waals surface area contributed by atoms with E-state index in [-0.39, 0.29) is 18.0 Å². The normalized spacial score (nSPS) is 11.1. The van der Waals surface area contributed by atoms with Crippen molar-refractivity contribution in [3.63, 3.8) is 0 Å². The number of carbonyl (C=O) groups is 1. The quantitative estimate of drug-likeness (QED) is 0.457. The van der Waals surface area contributed by atoms with Crippen LogP contribution in [0.3, 0.4) is 0 Å². The summed E-state index contributed by atoms with van der Waals surface area (Å²) >= 11 is 1.47. The minimum atomic E-state index is -0.270. The molecule has 0 aliphatic carbocycles. The largest absolute Gasteiger partial charge is 0.324 e. The van der Waals surface area contributed by atoms with Gasteiger partial charge in [-0.05, 0) is 23.1 Å². The second-order valence-corrected chi connectivity index (χ2v) is 7.98. The monoisotopic (exact) mass is 411 g/mol. The summed E-state index contributed by atoms with van der Waals surface area (Å²) in [4.78, 5) is 31.6. The number of benzene rings is 3. The van der Waals surface area contributed by atoms with Gasteiger partial charge in [0.2, 0.25) is 5.91 Å². The maximum Gasteiger partial charge on any atom is 0.262 e. The zero-order valence-corrected chi connectivity index (χ0v) is 16.7. The molecule has 146 valence electrons. The van der Waals surface area contributed by atoms with Crippen LogP contribution in [0.15, 0.2) is 90.0 Å². The molecule has 0 unspecified atom stereocenters. The van der Waals surface area contributed by atoms with Crippen molar-refractivity contribution in [2.75, 3.05) is 5.32 Å². The fourth-order valence-corrected chi connectivity index (χ4v) is 4.49. The van der Waals surface area contributed by atoms with Crippen molar-refractivity contribution in [1.82, 2.24) is 9.55 Å². The second kappa shape index (κ2) is 7.57. The van der Waals surface area contributed by atoms with Gasteiger partial charge in [0.05, 0.1) is 11.7 Å². The van der Waals surface area contributed by atoms with Crippen LogP contribution in [0.4, 0.5) is 5.69 Å². The Morgan fingerprint density at radius 1 is 0.933 bits per heavy atom. The summed E-state index contributed by atoms with van der Waals surface area (Å²) in [6.07, 6.45) is 1.44. The lowest BCUT2D eigenvalue weighted by molar-refractivity contribution is -0.116. The molecule has 1 amide bonds. The van der Waals surface area contributed by atoms with E-state index in [0.717, 1.165) is 26.9 Å². The molecule has 0 atom stereocenters. The first-order chi connectivity index (χ1) is 14.7. The van der Waals surface area contributed by atoms with E-state index in [4.69, 9.17) is 0 Å². The van der Waals surface area contributed by atoms with E-state index in [9.17, 15) is 9.59 Å². The molecule has 3 aromatic carbocycles. The van der Waals surface area contributed by atoms with E-state index < -0.39 is 0 Å². The number of thiophene rings is 1. The smallest absolute Gasteiger partial charge is 0.262 e. The van der Waals surface area contributed by atoms with E-state index in [1.165, 1.54) is 22.2 Å². The third-order valence-electron chi connectivity index (χ3n) is 4.95. The first-order valence-corrected chi connectivity index (χ1v) is 10.3. The van der Waals surface area contributed by atoms with E-state index in [2.05, 4.69) is 10.3 Å². The zero-order chi connectivity index (χ0) is 20.5. The lowest BCUT2D eigenvalue weighted by Crippen LogP contribution is -2.27. The predicted octanol–water partition coefficient (Wildman–Crippen LogP) is 4.92. The molecular weight excluding hydrogens is 394 g/mol. The number of hydrogen-bond donors (Lipinski definition) is 1. The van der Waals surface area contributed by atoms with Gasteiger partial charge >= 0.3 is 0 Å². The highest BCUT2D eigenvalue weighted by molar-refractivity contribution is 7.21. The van der Waals surface area contributed by atoms with Crippen molar-refractivity contribution in [2.45, 2.75) is 6.54 Å². The summed E-state index contributed by atoms with van der Waals surface area (Å²) in [5, 5.41) is 5.44. The molecule has 0 fully saturated rings. The first kappa shape index (κ1) is 18.3. The molecule has 2 aromatic heterocycles. The lowest BCUT2D eigenvalue weighted by atomic mass is 10.1. The van der Waals surface area contributed by atoms with E-state index in [0.29, 0.717) is 10.2 Å². The highest BCUT2D eigenvalue weighted by atomic mass is 32.1. The fourth-order valence-electron chi connectivity index (χ4n) is 3.50. The summed E-state index contributed by atoms with van der Waals surface area (Å²) in [7, 11) is 0. The number of amides is 1. The van der Waals surface area contributed by atoms with Crippen LogP contribution in [0.2, 0.25) is 0 Å². The van der Waals surface area contributed by atoms with Crippen LogP contribution in [-0.4, -0.2) is 15.5 Å². The molecule has 30 heavy (non-hydrogen) atoms. The minimum Gasteiger partial charge on any atom is -0.324 e. The highest BCUT2D eigenvalue weighted by Crippen LogP contribution is 2.30. The molecule has 1 N–H and O–H groups in total. The van der Waals surface area contributed by atoms with Crippen molar-refractivity contribution in [2.24, 2.45) is 0 Å². The highest BCUT2D eigenvalue weighted by Gasteiger charge is 2.13. The van der Waals surface area contributed by atoms with Gasteiger partial charge < -0.3 is 5.32 Å². The average molecular weight is 411 g/mol. The summed E-state index contributed by atoms with van der Waals surface area (Å²) in [6.45, 7) is -0.0957. The Labute approximate surface area is 176 Å². The molecule has 0 bridgehead atoms. The zero-order valence-electron chi connectivity index (χ0n) is 15.9. The average Bonchev–Trinajstić information content (AvgIpc) is 3.22.